The second-order valence-corrected chi connectivity index (χ2v) is 4.50. The number of hydrogen-bond donors (Lipinski definition) is 0. The van der Waals surface area contributed by atoms with Crippen LogP contribution in [0.2, 0.25) is 0 Å². The van der Waals surface area contributed by atoms with E-state index in [2.05, 4.69) is 13.8 Å². The summed E-state index contributed by atoms with van der Waals surface area (Å²) in [5.41, 5.74) is -3.62. The number of ketones is 1. The highest BCUT2D eigenvalue weighted by atomic mass is 19.4. The molecule has 0 aliphatic rings. The average molecular weight is 429 g/mol. The van der Waals surface area contributed by atoms with Crippen LogP contribution in [0, 0.1) is 5.41 Å². The molecular formula is C18H44F8O. The van der Waals surface area contributed by atoms with E-state index in [0.717, 1.165) is 0 Å². The van der Waals surface area contributed by atoms with Crippen molar-refractivity contribution < 1.29 is 39.9 Å². The van der Waals surface area contributed by atoms with Gasteiger partial charge in [0.2, 0.25) is 0 Å². The standard InChI is InChI=1S/C5H6F6.C3H6O.C3H8.C2H5F.CH3F.4CH4/c1-3(2,4(6,7)8)5(9,10)11;1-3(2)4;1-3-2;1-2-3;1-2;;;;/h1-2H3;1-2H3;3H2,1-2H3;2H2,1H3;1H3;4*1H4. The van der Waals surface area contributed by atoms with E-state index in [1.807, 2.05) is 0 Å². The summed E-state index contributed by atoms with van der Waals surface area (Å²) in [6.45, 7) is 8.72. The molecule has 0 saturated carbocycles. The van der Waals surface area contributed by atoms with Gasteiger partial charge in [0, 0.05) is 0 Å². The maximum Gasteiger partial charge on any atom is 0.402 e. The van der Waals surface area contributed by atoms with Crippen LogP contribution in [0.25, 0.3) is 0 Å². The molecule has 0 amide bonds. The van der Waals surface area contributed by atoms with E-state index in [9.17, 15) is 39.9 Å². The predicted octanol–water partition coefficient (Wildman–Crippen LogP) is 9.25. The zero-order valence-corrected chi connectivity index (χ0v) is 14.8. The molecule has 0 unspecified atom stereocenters. The van der Waals surface area contributed by atoms with Gasteiger partial charge < -0.3 is 4.79 Å². The molecule has 0 aromatic heterocycles. The molecule has 0 heterocycles. The second kappa shape index (κ2) is 29.9. The molecule has 0 saturated heterocycles. The summed E-state index contributed by atoms with van der Waals surface area (Å²) in [7, 11) is 0.500. The van der Waals surface area contributed by atoms with E-state index in [4.69, 9.17) is 0 Å². The van der Waals surface area contributed by atoms with Crippen LogP contribution in [-0.4, -0.2) is 32.0 Å². The van der Waals surface area contributed by atoms with E-state index >= 15 is 0 Å². The number of carbonyl (C=O) groups excluding carboxylic acids is 1. The molecule has 9 heteroatoms. The third kappa shape index (κ3) is 45.8. The number of alkyl halides is 8. The Labute approximate surface area is 162 Å². The lowest BCUT2D eigenvalue weighted by Crippen LogP contribution is -2.44. The highest BCUT2D eigenvalue weighted by molar-refractivity contribution is 5.72. The number of halogens is 8. The van der Waals surface area contributed by atoms with Crippen molar-refractivity contribution in [2.45, 2.75) is 96.9 Å². The quantitative estimate of drug-likeness (QED) is 0.351. The number of hydrogen-bond acceptors (Lipinski definition) is 1. The summed E-state index contributed by atoms with van der Waals surface area (Å²) in [4.78, 5) is 9.44. The minimum absolute atomic E-state index is 0. The van der Waals surface area contributed by atoms with Gasteiger partial charge in [-0.05, 0) is 34.6 Å². The van der Waals surface area contributed by atoms with Gasteiger partial charge in [-0.1, -0.05) is 50.0 Å². The summed E-state index contributed by atoms with van der Waals surface area (Å²) in [5, 5.41) is 0. The summed E-state index contributed by atoms with van der Waals surface area (Å²) in [6, 6.07) is 0. The molecule has 0 aromatic carbocycles. The molecule has 0 N–H and O–H groups in total. The Balaban J connectivity index is -0.0000000247. The van der Waals surface area contributed by atoms with Gasteiger partial charge in [0.05, 0.1) is 13.9 Å². The second-order valence-electron chi connectivity index (χ2n) is 4.50. The molecule has 0 bridgehead atoms. The lowest BCUT2D eigenvalue weighted by molar-refractivity contribution is -0.327. The summed E-state index contributed by atoms with van der Waals surface area (Å²) >= 11 is 0. The molecule has 0 fully saturated rings. The van der Waals surface area contributed by atoms with E-state index < -0.39 is 17.8 Å². The van der Waals surface area contributed by atoms with Crippen molar-refractivity contribution in [1.29, 1.82) is 0 Å². The number of carbonyl (C=O) groups is 1. The van der Waals surface area contributed by atoms with Gasteiger partial charge in [0.15, 0.2) is 5.41 Å². The van der Waals surface area contributed by atoms with Crippen molar-refractivity contribution in [3.05, 3.63) is 0 Å². The van der Waals surface area contributed by atoms with Gasteiger partial charge in [0.25, 0.3) is 0 Å². The summed E-state index contributed by atoms with van der Waals surface area (Å²) in [6.07, 6.45) is -9.24. The van der Waals surface area contributed by atoms with E-state index in [-0.39, 0.29) is 56.0 Å². The van der Waals surface area contributed by atoms with Gasteiger partial charge in [0.1, 0.15) is 5.78 Å². The van der Waals surface area contributed by atoms with Crippen LogP contribution in [0.1, 0.15) is 84.6 Å². The van der Waals surface area contributed by atoms with Crippen molar-refractivity contribution in [2.75, 3.05) is 13.9 Å². The topological polar surface area (TPSA) is 17.1 Å². The normalized spacial score (nSPS) is 8.74. The summed E-state index contributed by atoms with van der Waals surface area (Å²) < 4.78 is 89.4. The first kappa shape index (κ1) is 56.2. The Bertz CT molecular complexity index is 225. The Morgan fingerprint density at radius 3 is 0.778 bits per heavy atom. The summed E-state index contributed by atoms with van der Waals surface area (Å²) in [5.74, 6) is 0.167. The van der Waals surface area contributed by atoms with E-state index in [1.165, 1.54) is 27.2 Å². The van der Waals surface area contributed by atoms with Crippen molar-refractivity contribution in [3.8, 4) is 0 Å². The average Bonchev–Trinajstić information content (AvgIpc) is 2.30. The SMILES string of the molecule is C.C.C.C.CC(C)(C(F)(F)F)C(F)(F)F.CC(C)=O.CCC.CCF.CF. The van der Waals surface area contributed by atoms with Gasteiger partial charge in [-0.2, -0.15) is 26.3 Å². The molecule has 0 radical (unpaired) electrons. The first-order valence-corrected chi connectivity index (χ1v) is 6.60. The fraction of sp³-hybridized carbons (Fsp3) is 0.944. The van der Waals surface area contributed by atoms with Crippen LogP contribution in [-0.2, 0) is 4.79 Å². The first-order chi connectivity index (χ1) is 10.1. The molecule has 0 rings (SSSR count). The third-order valence-electron chi connectivity index (χ3n) is 1.42. The maximum absolute atomic E-state index is 11.6. The van der Waals surface area contributed by atoms with Crippen molar-refractivity contribution >= 4 is 5.78 Å². The Hall–Kier alpha value is -0.890. The van der Waals surface area contributed by atoms with E-state index in [1.54, 1.807) is 0 Å². The largest absolute Gasteiger partial charge is 0.402 e. The Morgan fingerprint density at radius 1 is 0.704 bits per heavy atom. The van der Waals surface area contributed by atoms with Crippen molar-refractivity contribution in [2.24, 2.45) is 5.41 Å². The van der Waals surface area contributed by atoms with Gasteiger partial charge in [-0.25, -0.2) is 0 Å². The highest BCUT2D eigenvalue weighted by Crippen LogP contribution is 2.49. The van der Waals surface area contributed by atoms with Crippen LogP contribution < -0.4 is 0 Å². The van der Waals surface area contributed by atoms with Crippen molar-refractivity contribution in [1.82, 2.24) is 0 Å². The molecule has 0 atom stereocenters. The lowest BCUT2D eigenvalue weighted by atomic mass is 9.92. The zero-order chi connectivity index (χ0) is 20.5. The molecule has 0 aromatic rings. The Kier molecular flexibility index (Phi) is 62.2. The van der Waals surface area contributed by atoms with Crippen molar-refractivity contribution in [3.63, 3.8) is 0 Å². The molecule has 1 nitrogen and oxygen atoms in total. The molecule has 27 heavy (non-hydrogen) atoms. The number of rotatable bonds is 0. The lowest BCUT2D eigenvalue weighted by Gasteiger charge is -2.29. The fourth-order valence-electron chi connectivity index (χ4n) is 0.161. The minimum Gasteiger partial charge on any atom is -0.300 e. The third-order valence-corrected chi connectivity index (χ3v) is 1.42. The number of Topliss-reactive ketones (excluding diaryl/α,β-unsaturated/α-hetero) is 1. The predicted molar refractivity (Wildman–Crippen MR) is 104 cm³/mol. The van der Waals surface area contributed by atoms with Gasteiger partial charge in [-0.3, -0.25) is 8.78 Å². The van der Waals surface area contributed by atoms with Crippen LogP contribution in [0.4, 0.5) is 35.1 Å². The van der Waals surface area contributed by atoms with Crippen LogP contribution in [0.3, 0.4) is 0 Å². The minimum atomic E-state index is -5.24. The van der Waals surface area contributed by atoms with Crippen LogP contribution in [0.15, 0.2) is 0 Å². The monoisotopic (exact) mass is 428 g/mol. The molecule has 0 spiro atoms. The molecular weight excluding hydrogens is 384 g/mol. The molecule has 0 aliphatic carbocycles. The van der Waals surface area contributed by atoms with Gasteiger partial charge >= 0.3 is 12.4 Å². The molecule has 0 aliphatic heterocycles. The van der Waals surface area contributed by atoms with E-state index in [0.29, 0.717) is 7.18 Å². The van der Waals surface area contributed by atoms with Crippen LogP contribution >= 0.6 is 0 Å². The Morgan fingerprint density at radius 2 is 0.778 bits per heavy atom. The van der Waals surface area contributed by atoms with Crippen LogP contribution in [0.5, 0.6) is 0 Å². The fourth-order valence-corrected chi connectivity index (χ4v) is 0.161. The highest BCUT2D eigenvalue weighted by Gasteiger charge is 2.64. The zero-order valence-electron chi connectivity index (χ0n) is 14.8. The first-order valence-electron chi connectivity index (χ1n) is 6.60. The smallest absolute Gasteiger partial charge is 0.300 e. The molecule has 178 valence electrons. The maximum atomic E-state index is 11.6. The van der Waals surface area contributed by atoms with Gasteiger partial charge in [-0.15, -0.1) is 0 Å².